The molecule has 0 atom stereocenters. The molecule has 1 aromatic carbocycles. The molecule has 94 valence electrons. The van der Waals surface area contributed by atoms with Crippen molar-refractivity contribution in [3.8, 4) is 0 Å². The van der Waals surface area contributed by atoms with Gasteiger partial charge in [0.15, 0.2) is 0 Å². The van der Waals surface area contributed by atoms with E-state index in [-0.39, 0.29) is 0 Å². The van der Waals surface area contributed by atoms with Crippen LogP contribution in [0.2, 0.25) is 0 Å². The molecule has 0 saturated carbocycles. The summed E-state index contributed by atoms with van der Waals surface area (Å²) in [7, 11) is 0. The van der Waals surface area contributed by atoms with Crippen LogP contribution in [0.3, 0.4) is 0 Å². The van der Waals surface area contributed by atoms with Gasteiger partial charge in [0.05, 0.1) is 0 Å². The average Bonchev–Trinajstić information content (AvgIpc) is 2.38. The zero-order chi connectivity index (χ0) is 12.1. The molecule has 3 heteroatoms. The molecule has 17 heavy (non-hydrogen) atoms. The Bertz CT molecular complexity index is 356. The van der Waals surface area contributed by atoms with Crippen LogP contribution in [0.4, 0.5) is 5.69 Å². The number of anilines is 1. The standard InChI is InChI=1S/C14H23N3/c15-11-12-4-5-13(14(16)10-12)6-9-17-7-2-1-3-8-17/h4-5,10H,1-3,6-9,11,15-16H2. The van der Waals surface area contributed by atoms with E-state index in [1.807, 2.05) is 6.07 Å². The molecule has 1 fully saturated rings. The minimum atomic E-state index is 0.566. The molecule has 1 heterocycles. The molecule has 4 N–H and O–H groups in total. The van der Waals surface area contributed by atoms with Gasteiger partial charge >= 0.3 is 0 Å². The molecule has 0 unspecified atom stereocenters. The number of hydrogen-bond donors (Lipinski definition) is 2. The van der Waals surface area contributed by atoms with Crippen LogP contribution in [-0.2, 0) is 13.0 Å². The van der Waals surface area contributed by atoms with Crippen molar-refractivity contribution in [2.75, 3.05) is 25.4 Å². The number of benzene rings is 1. The van der Waals surface area contributed by atoms with Crippen LogP contribution in [0.25, 0.3) is 0 Å². The predicted molar refractivity (Wildman–Crippen MR) is 72.7 cm³/mol. The first kappa shape index (κ1) is 12.4. The number of nitrogens with two attached hydrogens (primary N) is 2. The number of piperidine rings is 1. The molecule has 0 amide bonds. The second-order valence-corrected chi connectivity index (χ2v) is 4.89. The second-order valence-electron chi connectivity index (χ2n) is 4.89. The smallest absolute Gasteiger partial charge is 0.0350 e. The minimum Gasteiger partial charge on any atom is -0.398 e. The van der Waals surface area contributed by atoms with E-state index in [4.69, 9.17) is 11.5 Å². The van der Waals surface area contributed by atoms with Gasteiger partial charge in [-0.1, -0.05) is 18.6 Å². The van der Waals surface area contributed by atoms with Crippen LogP contribution < -0.4 is 11.5 Å². The van der Waals surface area contributed by atoms with E-state index in [1.54, 1.807) is 0 Å². The summed E-state index contributed by atoms with van der Waals surface area (Å²) in [5.41, 5.74) is 14.9. The molecule has 3 nitrogen and oxygen atoms in total. The van der Waals surface area contributed by atoms with Crippen molar-refractivity contribution in [2.24, 2.45) is 5.73 Å². The molecular formula is C14H23N3. The fourth-order valence-electron chi connectivity index (χ4n) is 2.46. The maximum atomic E-state index is 6.04. The van der Waals surface area contributed by atoms with Crippen molar-refractivity contribution in [3.05, 3.63) is 29.3 Å². The molecule has 1 saturated heterocycles. The highest BCUT2D eigenvalue weighted by Gasteiger charge is 2.10. The molecule has 1 aliphatic heterocycles. The number of nitrogens with zero attached hydrogens (tertiary/aromatic N) is 1. The molecule has 0 spiro atoms. The monoisotopic (exact) mass is 233 g/mol. The largest absolute Gasteiger partial charge is 0.398 e. The molecule has 1 aromatic rings. The Morgan fingerprint density at radius 3 is 2.53 bits per heavy atom. The second kappa shape index (κ2) is 6.03. The molecule has 1 aliphatic rings. The Morgan fingerprint density at radius 1 is 1.12 bits per heavy atom. The van der Waals surface area contributed by atoms with Gasteiger partial charge in [-0.15, -0.1) is 0 Å². The van der Waals surface area contributed by atoms with E-state index in [0.29, 0.717) is 6.54 Å². The van der Waals surface area contributed by atoms with Crippen LogP contribution in [0.15, 0.2) is 18.2 Å². The number of rotatable bonds is 4. The summed E-state index contributed by atoms with van der Waals surface area (Å²) in [4.78, 5) is 2.54. The lowest BCUT2D eigenvalue weighted by atomic mass is 10.1. The van der Waals surface area contributed by atoms with E-state index >= 15 is 0 Å². The Balaban J connectivity index is 1.89. The Labute approximate surface area is 104 Å². The molecule has 0 aromatic heterocycles. The van der Waals surface area contributed by atoms with Crippen molar-refractivity contribution < 1.29 is 0 Å². The third-order valence-corrected chi connectivity index (χ3v) is 3.59. The maximum absolute atomic E-state index is 6.04. The highest BCUT2D eigenvalue weighted by atomic mass is 15.1. The van der Waals surface area contributed by atoms with Crippen LogP contribution in [-0.4, -0.2) is 24.5 Å². The SMILES string of the molecule is NCc1ccc(CCN2CCCCC2)c(N)c1. The van der Waals surface area contributed by atoms with E-state index in [0.717, 1.165) is 24.2 Å². The molecule has 0 radical (unpaired) electrons. The fourth-order valence-corrected chi connectivity index (χ4v) is 2.46. The first-order valence-electron chi connectivity index (χ1n) is 6.59. The Morgan fingerprint density at radius 2 is 1.88 bits per heavy atom. The fraction of sp³-hybridized carbons (Fsp3) is 0.571. The van der Waals surface area contributed by atoms with Gasteiger partial charge in [-0.25, -0.2) is 0 Å². The van der Waals surface area contributed by atoms with E-state index in [2.05, 4.69) is 17.0 Å². The summed E-state index contributed by atoms with van der Waals surface area (Å²) in [6.45, 7) is 4.20. The van der Waals surface area contributed by atoms with Gasteiger partial charge in [0.1, 0.15) is 0 Å². The summed E-state index contributed by atoms with van der Waals surface area (Å²) in [5, 5.41) is 0. The van der Waals surface area contributed by atoms with Crippen LogP contribution in [0, 0.1) is 0 Å². The van der Waals surface area contributed by atoms with Gasteiger partial charge in [0.2, 0.25) is 0 Å². The molecular weight excluding hydrogens is 210 g/mol. The first-order valence-corrected chi connectivity index (χ1v) is 6.59. The van der Waals surface area contributed by atoms with Crippen LogP contribution in [0.1, 0.15) is 30.4 Å². The summed E-state index contributed by atoms with van der Waals surface area (Å²) < 4.78 is 0. The zero-order valence-corrected chi connectivity index (χ0v) is 10.5. The quantitative estimate of drug-likeness (QED) is 0.779. The van der Waals surface area contributed by atoms with Crippen LogP contribution >= 0.6 is 0 Å². The first-order chi connectivity index (χ1) is 8.29. The predicted octanol–water partition coefficient (Wildman–Crippen LogP) is 1.76. The van der Waals surface area contributed by atoms with Gasteiger partial charge in [0.25, 0.3) is 0 Å². The third kappa shape index (κ3) is 3.45. The van der Waals surface area contributed by atoms with Crippen molar-refractivity contribution in [1.29, 1.82) is 0 Å². The number of nitrogen functional groups attached to an aromatic ring is 1. The van der Waals surface area contributed by atoms with Crippen molar-refractivity contribution in [1.82, 2.24) is 4.90 Å². The zero-order valence-electron chi connectivity index (χ0n) is 10.5. The average molecular weight is 233 g/mol. The third-order valence-electron chi connectivity index (χ3n) is 3.59. The Hall–Kier alpha value is -1.06. The number of likely N-dealkylation sites (tertiary alicyclic amines) is 1. The summed E-state index contributed by atoms with van der Waals surface area (Å²) in [6.07, 6.45) is 5.14. The highest BCUT2D eigenvalue weighted by molar-refractivity contribution is 5.49. The molecule has 0 bridgehead atoms. The van der Waals surface area contributed by atoms with Crippen molar-refractivity contribution in [2.45, 2.75) is 32.2 Å². The van der Waals surface area contributed by atoms with Gasteiger partial charge in [-0.05, 0) is 49.5 Å². The maximum Gasteiger partial charge on any atom is 0.0350 e. The molecule has 2 rings (SSSR count). The van der Waals surface area contributed by atoms with Crippen molar-refractivity contribution in [3.63, 3.8) is 0 Å². The lowest BCUT2D eigenvalue weighted by molar-refractivity contribution is 0.231. The Kier molecular flexibility index (Phi) is 4.40. The lowest BCUT2D eigenvalue weighted by Crippen LogP contribution is -2.31. The number of hydrogen-bond acceptors (Lipinski definition) is 3. The lowest BCUT2D eigenvalue weighted by Gasteiger charge is -2.26. The summed E-state index contributed by atoms with van der Waals surface area (Å²) in [6, 6.07) is 6.22. The normalized spacial score (nSPS) is 17.2. The molecule has 0 aliphatic carbocycles. The topological polar surface area (TPSA) is 55.3 Å². The summed E-state index contributed by atoms with van der Waals surface area (Å²) >= 11 is 0. The van der Waals surface area contributed by atoms with E-state index in [9.17, 15) is 0 Å². The van der Waals surface area contributed by atoms with E-state index < -0.39 is 0 Å². The van der Waals surface area contributed by atoms with Gasteiger partial charge in [0, 0.05) is 18.8 Å². The highest BCUT2D eigenvalue weighted by Crippen LogP contribution is 2.16. The summed E-state index contributed by atoms with van der Waals surface area (Å²) in [5.74, 6) is 0. The van der Waals surface area contributed by atoms with Gasteiger partial charge < -0.3 is 16.4 Å². The van der Waals surface area contributed by atoms with E-state index in [1.165, 1.54) is 37.9 Å². The van der Waals surface area contributed by atoms with Gasteiger partial charge in [-0.3, -0.25) is 0 Å². The van der Waals surface area contributed by atoms with Gasteiger partial charge in [-0.2, -0.15) is 0 Å². The van der Waals surface area contributed by atoms with Crippen molar-refractivity contribution >= 4 is 5.69 Å². The van der Waals surface area contributed by atoms with Crippen LogP contribution in [0.5, 0.6) is 0 Å². The minimum absolute atomic E-state index is 0.566.